The Labute approximate surface area is 160 Å². The molecule has 140 valence electrons. The van der Waals surface area contributed by atoms with Gasteiger partial charge in [-0.1, -0.05) is 38.1 Å². The van der Waals surface area contributed by atoms with Gasteiger partial charge in [-0.05, 0) is 43.0 Å². The topological polar surface area (TPSA) is 48.4 Å². The molecule has 1 heterocycles. The van der Waals surface area contributed by atoms with Crippen molar-refractivity contribution in [2.45, 2.75) is 27.2 Å². The van der Waals surface area contributed by atoms with E-state index in [2.05, 4.69) is 18.8 Å². The van der Waals surface area contributed by atoms with Crippen LogP contribution in [0.5, 0.6) is 11.5 Å². The maximum absolute atomic E-state index is 12.5. The van der Waals surface area contributed by atoms with Crippen molar-refractivity contribution < 1.29 is 14.3 Å². The van der Waals surface area contributed by atoms with Crippen molar-refractivity contribution in [2.24, 2.45) is 5.92 Å². The van der Waals surface area contributed by atoms with Gasteiger partial charge in [0.05, 0.1) is 12.6 Å². The first-order valence-corrected chi connectivity index (χ1v) is 9.16. The van der Waals surface area contributed by atoms with Gasteiger partial charge in [0.15, 0.2) is 12.4 Å². The number of carbonyl (C=O) groups is 1. The lowest BCUT2D eigenvalue weighted by atomic mass is 10.0. The molecule has 0 fully saturated rings. The highest BCUT2D eigenvalue weighted by Crippen LogP contribution is 2.29. The number of methoxy groups -OCH3 is 1. The van der Waals surface area contributed by atoms with E-state index in [0.29, 0.717) is 17.2 Å². The fraction of sp³-hybridized carbons (Fsp3) is 0.304. The number of hydrogen-bond acceptors (Lipinski definition) is 4. The number of fused-ring (bicyclic) bond motifs is 1. The summed E-state index contributed by atoms with van der Waals surface area (Å²) in [4.78, 5) is 17.0. The van der Waals surface area contributed by atoms with E-state index < -0.39 is 0 Å². The second-order valence-corrected chi connectivity index (χ2v) is 7.15. The Morgan fingerprint density at radius 3 is 2.48 bits per heavy atom. The molecular formula is C23H25NO3. The van der Waals surface area contributed by atoms with Crippen LogP contribution in [0.15, 0.2) is 48.5 Å². The molecule has 4 heteroatoms. The number of hydrogen-bond donors (Lipinski definition) is 0. The molecule has 4 nitrogen and oxygen atoms in total. The predicted octanol–water partition coefficient (Wildman–Crippen LogP) is 5.01. The minimum atomic E-state index is -0.0448. The first-order valence-electron chi connectivity index (χ1n) is 9.16. The molecule has 0 amide bonds. The van der Waals surface area contributed by atoms with Crippen LogP contribution >= 0.6 is 0 Å². The molecule has 0 saturated carbocycles. The Balaban J connectivity index is 1.76. The quantitative estimate of drug-likeness (QED) is 0.554. The van der Waals surface area contributed by atoms with E-state index in [4.69, 9.17) is 9.47 Å². The van der Waals surface area contributed by atoms with E-state index in [-0.39, 0.29) is 12.4 Å². The van der Waals surface area contributed by atoms with Gasteiger partial charge >= 0.3 is 0 Å². The number of Topliss-reactive ketones (excluding diaryl/α,β-unsaturated/α-hetero) is 1. The number of benzene rings is 2. The average molecular weight is 363 g/mol. The molecule has 0 aliphatic heterocycles. The van der Waals surface area contributed by atoms with E-state index in [0.717, 1.165) is 28.8 Å². The number of carbonyl (C=O) groups excluding carboxylic acids is 1. The number of ketones is 1. The number of ether oxygens (including phenoxy) is 2. The third kappa shape index (κ3) is 4.64. The SMILES string of the molecule is COc1ccc2nc(C)cc(OCC(=O)c3ccc(CC(C)C)cc3)c2c1. The van der Waals surface area contributed by atoms with Crippen LogP contribution in [0.2, 0.25) is 0 Å². The molecule has 0 radical (unpaired) electrons. The van der Waals surface area contributed by atoms with E-state index in [1.807, 2.05) is 55.5 Å². The Morgan fingerprint density at radius 2 is 1.81 bits per heavy atom. The maximum atomic E-state index is 12.5. The molecular weight excluding hydrogens is 338 g/mol. The van der Waals surface area contributed by atoms with Crippen molar-refractivity contribution in [2.75, 3.05) is 13.7 Å². The minimum Gasteiger partial charge on any atom is -0.497 e. The van der Waals surface area contributed by atoms with Crippen molar-refractivity contribution >= 4 is 16.7 Å². The average Bonchev–Trinajstić information content (AvgIpc) is 2.65. The van der Waals surface area contributed by atoms with Gasteiger partial charge in [-0.3, -0.25) is 9.78 Å². The highest BCUT2D eigenvalue weighted by Gasteiger charge is 2.11. The Kier molecular flexibility index (Phi) is 5.75. The number of aryl methyl sites for hydroxylation is 1. The standard InChI is InChI=1S/C23H25NO3/c1-15(2)11-17-5-7-18(8-6-17)22(25)14-27-23-12-16(3)24-21-10-9-19(26-4)13-20(21)23/h5-10,12-13,15H,11,14H2,1-4H3. The lowest BCUT2D eigenvalue weighted by molar-refractivity contribution is 0.0922. The van der Waals surface area contributed by atoms with Gasteiger partial charge in [0.25, 0.3) is 0 Å². The zero-order valence-corrected chi connectivity index (χ0v) is 16.3. The van der Waals surface area contributed by atoms with Gasteiger partial charge in [0, 0.05) is 22.7 Å². The van der Waals surface area contributed by atoms with Gasteiger partial charge in [0.2, 0.25) is 0 Å². The van der Waals surface area contributed by atoms with Crippen LogP contribution < -0.4 is 9.47 Å². The van der Waals surface area contributed by atoms with Crippen molar-refractivity contribution in [3.05, 3.63) is 65.4 Å². The molecule has 27 heavy (non-hydrogen) atoms. The summed E-state index contributed by atoms with van der Waals surface area (Å²) in [5.74, 6) is 1.91. The van der Waals surface area contributed by atoms with Crippen LogP contribution in [0.4, 0.5) is 0 Å². The smallest absolute Gasteiger partial charge is 0.200 e. The van der Waals surface area contributed by atoms with Crippen molar-refractivity contribution in [3.63, 3.8) is 0 Å². The number of nitrogens with zero attached hydrogens (tertiary/aromatic N) is 1. The van der Waals surface area contributed by atoms with Crippen LogP contribution in [0.1, 0.15) is 35.5 Å². The third-order valence-corrected chi connectivity index (χ3v) is 4.38. The Bertz CT molecular complexity index is 946. The fourth-order valence-electron chi connectivity index (χ4n) is 3.07. The van der Waals surface area contributed by atoms with Gasteiger partial charge in [-0.15, -0.1) is 0 Å². The van der Waals surface area contributed by atoms with Gasteiger partial charge in [0.1, 0.15) is 11.5 Å². The monoisotopic (exact) mass is 363 g/mol. The summed E-state index contributed by atoms with van der Waals surface area (Å²) in [7, 11) is 1.62. The Hall–Kier alpha value is -2.88. The van der Waals surface area contributed by atoms with Crippen LogP contribution in [0, 0.1) is 12.8 Å². The first kappa shape index (κ1) is 18.9. The maximum Gasteiger partial charge on any atom is 0.200 e. The van der Waals surface area contributed by atoms with E-state index in [1.165, 1.54) is 5.56 Å². The zero-order valence-electron chi connectivity index (χ0n) is 16.3. The second kappa shape index (κ2) is 8.21. The highest BCUT2D eigenvalue weighted by molar-refractivity contribution is 5.97. The van der Waals surface area contributed by atoms with E-state index in [9.17, 15) is 4.79 Å². The normalized spacial score (nSPS) is 11.0. The minimum absolute atomic E-state index is 0.0146. The van der Waals surface area contributed by atoms with Crippen LogP contribution in [0.3, 0.4) is 0 Å². The van der Waals surface area contributed by atoms with E-state index in [1.54, 1.807) is 7.11 Å². The molecule has 0 bridgehead atoms. The predicted molar refractivity (Wildman–Crippen MR) is 108 cm³/mol. The van der Waals surface area contributed by atoms with Gasteiger partial charge in [-0.25, -0.2) is 0 Å². The van der Waals surface area contributed by atoms with Crippen LogP contribution in [-0.4, -0.2) is 24.5 Å². The molecule has 0 aliphatic carbocycles. The summed E-state index contributed by atoms with van der Waals surface area (Å²) >= 11 is 0. The highest BCUT2D eigenvalue weighted by atomic mass is 16.5. The summed E-state index contributed by atoms with van der Waals surface area (Å²) in [6.07, 6.45) is 1.01. The molecule has 2 aromatic carbocycles. The zero-order chi connectivity index (χ0) is 19.4. The second-order valence-electron chi connectivity index (χ2n) is 7.15. The molecule has 1 aromatic heterocycles. The van der Waals surface area contributed by atoms with Crippen LogP contribution in [-0.2, 0) is 6.42 Å². The molecule has 0 unspecified atom stereocenters. The number of aromatic nitrogens is 1. The lowest BCUT2D eigenvalue weighted by Gasteiger charge is -2.11. The summed E-state index contributed by atoms with van der Waals surface area (Å²) < 4.78 is 11.2. The number of pyridine rings is 1. The molecule has 0 spiro atoms. The van der Waals surface area contributed by atoms with Gasteiger partial charge < -0.3 is 9.47 Å². The molecule has 0 atom stereocenters. The van der Waals surface area contributed by atoms with E-state index >= 15 is 0 Å². The van der Waals surface area contributed by atoms with Gasteiger partial charge in [-0.2, -0.15) is 0 Å². The summed E-state index contributed by atoms with van der Waals surface area (Å²) in [5.41, 5.74) is 3.56. The lowest BCUT2D eigenvalue weighted by Crippen LogP contribution is -2.12. The largest absolute Gasteiger partial charge is 0.497 e. The summed E-state index contributed by atoms with van der Waals surface area (Å²) in [5, 5.41) is 0.833. The molecule has 3 rings (SSSR count). The first-order chi connectivity index (χ1) is 13.0. The molecule has 3 aromatic rings. The molecule has 0 saturated heterocycles. The fourth-order valence-corrected chi connectivity index (χ4v) is 3.07. The van der Waals surface area contributed by atoms with Crippen molar-refractivity contribution in [1.82, 2.24) is 4.98 Å². The third-order valence-electron chi connectivity index (χ3n) is 4.38. The summed E-state index contributed by atoms with van der Waals surface area (Å²) in [6, 6.07) is 15.3. The molecule has 0 aliphatic rings. The Morgan fingerprint density at radius 1 is 1.07 bits per heavy atom. The van der Waals surface area contributed by atoms with Crippen molar-refractivity contribution in [1.29, 1.82) is 0 Å². The summed E-state index contributed by atoms with van der Waals surface area (Å²) in [6.45, 7) is 6.26. The molecule has 0 N–H and O–H groups in total. The van der Waals surface area contributed by atoms with Crippen molar-refractivity contribution in [3.8, 4) is 11.5 Å². The number of rotatable bonds is 7. The van der Waals surface area contributed by atoms with Crippen LogP contribution in [0.25, 0.3) is 10.9 Å².